The number of hydrogen-bond acceptors (Lipinski definition) is 2. The van der Waals surface area contributed by atoms with Gasteiger partial charge in [0.15, 0.2) is 0 Å². The first kappa shape index (κ1) is 11.2. The molecule has 0 aliphatic rings. The molecule has 3 heteroatoms. The number of carbonyl (C=O) groups is 1. The third kappa shape index (κ3) is 2.35. The van der Waals surface area contributed by atoms with Gasteiger partial charge in [-0.05, 0) is 5.56 Å². The predicted molar refractivity (Wildman–Crippen MR) is 42.2 cm³/mol. The molecule has 0 N–H and O–H groups in total. The number of ether oxygens (including phenoxy) is 1. The summed E-state index contributed by atoms with van der Waals surface area (Å²) >= 11 is 0. The molecule has 1 aromatic rings. The summed E-state index contributed by atoms with van der Waals surface area (Å²) in [6.07, 6.45) is 0. The SMILES string of the molecule is [CH2-]c1ccccc1C(=O)OC.[Zn]. The topological polar surface area (TPSA) is 26.3 Å². The minimum atomic E-state index is -0.337. The van der Waals surface area contributed by atoms with Crippen molar-refractivity contribution in [3.63, 3.8) is 0 Å². The van der Waals surface area contributed by atoms with Gasteiger partial charge in [0.05, 0.1) is 7.11 Å². The van der Waals surface area contributed by atoms with Crippen molar-refractivity contribution in [3.8, 4) is 0 Å². The van der Waals surface area contributed by atoms with Crippen LogP contribution in [0.1, 0.15) is 15.9 Å². The van der Waals surface area contributed by atoms with Crippen molar-refractivity contribution >= 4 is 5.97 Å². The quantitative estimate of drug-likeness (QED) is 0.404. The minimum absolute atomic E-state index is 0. The molecule has 0 unspecified atom stereocenters. The zero-order valence-corrected chi connectivity index (χ0v) is 10.0. The van der Waals surface area contributed by atoms with Crippen molar-refractivity contribution in [3.05, 3.63) is 42.3 Å². The molecular weight excluding hydrogens is 205 g/mol. The Morgan fingerprint density at radius 3 is 2.50 bits per heavy atom. The number of esters is 1. The Kier molecular flexibility index (Phi) is 4.61. The molecule has 2 nitrogen and oxygen atoms in total. The molecular formula is C9H9O2Zn-. The summed E-state index contributed by atoms with van der Waals surface area (Å²) in [5.41, 5.74) is 1.22. The maximum absolute atomic E-state index is 11.0. The molecule has 0 saturated heterocycles. The molecule has 0 aliphatic heterocycles. The Morgan fingerprint density at radius 1 is 1.42 bits per heavy atom. The molecule has 0 bridgehead atoms. The first-order chi connectivity index (χ1) is 5.25. The van der Waals surface area contributed by atoms with E-state index < -0.39 is 0 Å². The monoisotopic (exact) mass is 213 g/mol. The second-order valence-electron chi connectivity index (χ2n) is 2.15. The number of benzene rings is 1. The summed E-state index contributed by atoms with van der Waals surface area (Å²) in [5.74, 6) is -0.337. The molecule has 0 fully saturated rings. The Morgan fingerprint density at radius 2 is 2.00 bits per heavy atom. The first-order valence-electron chi connectivity index (χ1n) is 3.25. The molecule has 1 aromatic carbocycles. The molecule has 0 amide bonds. The van der Waals surface area contributed by atoms with Crippen LogP contribution in [0, 0.1) is 6.92 Å². The van der Waals surface area contributed by atoms with E-state index in [1.54, 1.807) is 18.2 Å². The normalized spacial score (nSPS) is 8.42. The Hall–Kier alpha value is -0.817. The van der Waals surface area contributed by atoms with Gasteiger partial charge in [-0.25, -0.2) is 0 Å². The zero-order chi connectivity index (χ0) is 8.27. The van der Waals surface area contributed by atoms with Gasteiger partial charge in [0, 0.05) is 19.5 Å². The minimum Gasteiger partial charge on any atom is -0.475 e. The summed E-state index contributed by atoms with van der Waals surface area (Å²) in [6.45, 7) is 3.69. The van der Waals surface area contributed by atoms with Crippen molar-refractivity contribution in [1.82, 2.24) is 0 Å². The summed E-state index contributed by atoms with van der Waals surface area (Å²) in [4.78, 5) is 11.0. The van der Waals surface area contributed by atoms with E-state index in [0.29, 0.717) is 11.1 Å². The third-order valence-corrected chi connectivity index (χ3v) is 1.42. The van der Waals surface area contributed by atoms with E-state index >= 15 is 0 Å². The Bertz CT molecular complexity index is 271. The van der Waals surface area contributed by atoms with Crippen LogP contribution in [-0.4, -0.2) is 13.1 Å². The van der Waals surface area contributed by atoms with Gasteiger partial charge in [-0.3, -0.25) is 4.79 Å². The Labute approximate surface area is 84.7 Å². The molecule has 0 aliphatic carbocycles. The van der Waals surface area contributed by atoms with Crippen LogP contribution in [0.25, 0.3) is 0 Å². The molecule has 60 valence electrons. The molecule has 1 rings (SSSR count). The molecule has 0 radical (unpaired) electrons. The zero-order valence-electron chi connectivity index (χ0n) is 7.04. The maximum atomic E-state index is 11.0. The molecule has 0 spiro atoms. The summed E-state index contributed by atoms with van der Waals surface area (Å²) < 4.78 is 4.54. The van der Waals surface area contributed by atoms with Crippen LogP contribution in [0.4, 0.5) is 0 Å². The average Bonchev–Trinajstić information content (AvgIpc) is 2.04. The number of carbonyl (C=O) groups excluding carboxylic acids is 1. The van der Waals surface area contributed by atoms with Crippen LogP contribution in [0.15, 0.2) is 24.3 Å². The van der Waals surface area contributed by atoms with Gasteiger partial charge in [0.25, 0.3) is 5.97 Å². The van der Waals surface area contributed by atoms with Gasteiger partial charge in [-0.15, -0.1) is 12.1 Å². The van der Waals surface area contributed by atoms with Crippen molar-refractivity contribution in [2.75, 3.05) is 7.11 Å². The summed E-state index contributed by atoms with van der Waals surface area (Å²) in [5, 5.41) is 0. The van der Waals surface area contributed by atoms with Crippen molar-refractivity contribution < 1.29 is 29.0 Å². The fourth-order valence-corrected chi connectivity index (χ4v) is 0.829. The van der Waals surface area contributed by atoms with Gasteiger partial charge in [-0.2, -0.15) is 18.6 Å². The van der Waals surface area contributed by atoms with Gasteiger partial charge >= 0.3 is 0 Å². The van der Waals surface area contributed by atoms with Gasteiger partial charge in [0.2, 0.25) is 0 Å². The third-order valence-electron chi connectivity index (χ3n) is 1.42. The molecule has 0 atom stereocenters. The van der Waals surface area contributed by atoms with Crippen LogP contribution in [0.2, 0.25) is 0 Å². The maximum Gasteiger partial charge on any atom is 0.281 e. The smallest absolute Gasteiger partial charge is 0.281 e. The molecule has 12 heavy (non-hydrogen) atoms. The van der Waals surface area contributed by atoms with Crippen LogP contribution in [0.3, 0.4) is 0 Å². The van der Waals surface area contributed by atoms with Crippen LogP contribution < -0.4 is 0 Å². The van der Waals surface area contributed by atoms with Crippen LogP contribution in [-0.2, 0) is 24.2 Å². The van der Waals surface area contributed by atoms with Gasteiger partial charge in [0.1, 0.15) is 0 Å². The van der Waals surface area contributed by atoms with Crippen molar-refractivity contribution in [2.24, 2.45) is 0 Å². The fraction of sp³-hybridized carbons (Fsp3) is 0.111. The fourth-order valence-electron chi connectivity index (χ4n) is 0.829. The Balaban J connectivity index is 0.00000121. The van der Waals surface area contributed by atoms with E-state index in [9.17, 15) is 4.79 Å². The second-order valence-corrected chi connectivity index (χ2v) is 2.15. The molecule has 0 heterocycles. The molecule has 0 saturated carbocycles. The second kappa shape index (κ2) is 4.94. The standard InChI is InChI=1S/C9H9O2.Zn/c1-7-5-3-4-6-8(7)9(10)11-2;/h3-6H,1H2,2H3;/q-1;. The van der Waals surface area contributed by atoms with E-state index in [0.717, 1.165) is 0 Å². The largest absolute Gasteiger partial charge is 0.475 e. The van der Waals surface area contributed by atoms with Crippen LogP contribution in [0.5, 0.6) is 0 Å². The van der Waals surface area contributed by atoms with Crippen LogP contribution >= 0.6 is 0 Å². The summed E-state index contributed by atoms with van der Waals surface area (Å²) in [7, 11) is 1.36. The number of hydrogen-bond donors (Lipinski definition) is 0. The average molecular weight is 215 g/mol. The van der Waals surface area contributed by atoms with Gasteiger partial charge in [-0.1, -0.05) is 6.07 Å². The number of rotatable bonds is 1. The summed E-state index contributed by atoms with van der Waals surface area (Å²) in [6, 6.07) is 7.07. The van der Waals surface area contributed by atoms with E-state index in [-0.39, 0.29) is 25.4 Å². The first-order valence-corrected chi connectivity index (χ1v) is 3.25. The van der Waals surface area contributed by atoms with E-state index in [1.165, 1.54) is 7.11 Å². The van der Waals surface area contributed by atoms with E-state index in [2.05, 4.69) is 11.7 Å². The number of methoxy groups -OCH3 is 1. The predicted octanol–water partition coefficient (Wildman–Crippen LogP) is 1.65. The van der Waals surface area contributed by atoms with E-state index in [1.807, 2.05) is 6.07 Å². The van der Waals surface area contributed by atoms with Crippen molar-refractivity contribution in [2.45, 2.75) is 0 Å². The van der Waals surface area contributed by atoms with Gasteiger partial charge < -0.3 is 4.74 Å². The van der Waals surface area contributed by atoms with Crippen molar-refractivity contribution in [1.29, 1.82) is 0 Å². The van der Waals surface area contributed by atoms with E-state index in [4.69, 9.17) is 0 Å². The molecule has 0 aromatic heterocycles.